The predicted octanol–water partition coefficient (Wildman–Crippen LogP) is 4.61. The number of nitro benzene ring substituents is 1. The van der Waals surface area contributed by atoms with E-state index in [0.29, 0.717) is 24.3 Å². The summed E-state index contributed by atoms with van der Waals surface area (Å²) < 4.78 is 0. The van der Waals surface area contributed by atoms with Crippen molar-refractivity contribution in [3.8, 4) is 0 Å². The van der Waals surface area contributed by atoms with E-state index in [9.17, 15) is 19.7 Å². The Morgan fingerprint density at radius 3 is 2.17 bits per heavy atom. The normalized spacial score (nSPS) is 13.8. The molecule has 36 heavy (non-hydrogen) atoms. The summed E-state index contributed by atoms with van der Waals surface area (Å²) in [5, 5.41) is 13.7. The fourth-order valence-corrected chi connectivity index (χ4v) is 3.88. The SMILES string of the molecule is O=C(/C=C/c1cccc([N+](=O)[O-])c1)Nc1ccc(N2CCN(C(=O)/C=C/c3ccccc3)CC2)cc1. The van der Waals surface area contributed by atoms with Gasteiger partial charge in [-0.15, -0.1) is 0 Å². The molecule has 0 radical (unpaired) electrons. The molecular formula is C28H26N4O4. The van der Waals surface area contributed by atoms with Crippen molar-refractivity contribution in [3.05, 3.63) is 112 Å². The maximum absolute atomic E-state index is 12.5. The van der Waals surface area contributed by atoms with Crippen LogP contribution in [0.25, 0.3) is 12.2 Å². The van der Waals surface area contributed by atoms with Crippen LogP contribution in [-0.2, 0) is 9.59 Å². The summed E-state index contributed by atoms with van der Waals surface area (Å²) in [6, 6.07) is 23.4. The number of nitro groups is 1. The van der Waals surface area contributed by atoms with E-state index >= 15 is 0 Å². The standard InChI is InChI=1S/C28H26N4O4/c33-27(15-9-23-7-4-8-26(21-23)32(35)36)29-24-11-13-25(14-12-24)30-17-19-31(20-18-30)28(34)16-10-22-5-2-1-3-6-22/h1-16,21H,17-20H2,(H,29,33)/b15-9+,16-10+. The zero-order valence-electron chi connectivity index (χ0n) is 19.6. The molecule has 1 N–H and O–H groups in total. The molecule has 0 atom stereocenters. The van der Waals surface area contributed by atoms with Crippen LogP contribution in [0.3, 0.4) is 0 Å². The Labute approximate surface area is 209 Å². The van der Waals surface area contributed by atoms with Gasteiger partial charge < -0.3 is 15.1 Å². The predicted molar refractivity (Wildman–Crippen MR) is 141 cm³/mol. The first kappa shape index (κ1) is 24.4. The molecule has 1 fully saturated rings. The largest absolute Gasteiger partial charge is 0.368 e. The van der Waals surface area contributed by atoms with Crippen LogP contribution in [0.5, 0.6) is 0 Å². The first-order valence-corrected chi connectivity index (χ1v) is 11.6. The molecule has 1 heterocycles. The van der Waals surface area contributed by atoms with Gasteiger partial charge in [0.1, 0.15) is 0 Å². The van der Waals surface area contributed by atoms with Crippen LogP contribution in [0.2, 0.25) is 0 Å². The van der Waals surface area contributed by atoms with Crippen LogP contribution in [-0.4, -0.2) is 47.8 Å². The second-order valence-electron chi connectivity index (χ2n) is 8.28. The summed E-state index contributed by atoms with van der Waals surface area (Å²) >= 11 is 0. The van der Waals surface area contributed by atoms with E-state index in [0.717, 1.165) is 24.3 Å². The smallest absolute Gasteiger partial charge is 0.270 e. The zero-order valence-corrected chi connectivity index (χ0v) is 19.6. The van der Waals surface area contributed by atoms with Gasteiger partial charge in [-0.2, -0.15) is 0 Å². The molecule has 0 spiro atoms. The maximum Gasteiger partial charge on any atom is 0.270 e. The van der Waals surface area contributed by atoms with E-state index in [2.05, 4.69) is 10.2 Å². The van der Waals surface area contributed by atoms with Gasteiger partial charge in [0.25, 0.3) is 5.69 Å². The average Bonchev–Trinajstić information content (AvgIpc) is 2.92. The minimum atomic E-state index is -0.472. The van der Waals surface area contributed by atoms with E-state index in [1.54, 1.807) is 18.2 Å². The van der Waals surface area contributed by atoms with Crippen molar-refractivity contribution < 1.29 is 14.5 Å². The van der Waals surface area contributed by atoms with Crippen LogP contribution in [0.4, 0.5) is 17.1 Å². The fraction of sp³-hybridized carbons (Fsp3) is 0.143. The van der Waals surface area contributed by atoms with Gasteiger partial charge >= 0.3 is 0 Å². The van der Waals surface area contributed by atoms with Gasteiger partial charge in [-0.25, -0.2) is 0 Å². The molecule has 0 saturated carbocycles. The number of hydrogen-bond acceptors (Lipinski definition) is 5. The molecule has 4 rings (SSSR count). The number of nitrogens with one attached hydrogen (secondary N) is 1. The van der Waals surface area contributed by atoms with Crippen molar-refractivity contribution in [1.82, 2.24) is 4.90 Å². The van der Waals surface area contributed by atoms with Gasteiger partial charge in [0.05, 0.1) is 4.92 Å². The number of piperazine rings is 1. The first-order valence-electron chi connectivity index (χ1n) is 11.6. The Bertz CT molecular complexity index is 1280. The summed E-state index contributed by atoms with van der Waals surface area (Å²) in [6.07, 6.45) is 6.33. The van der Waals surface area contributed by atoms with E-state index in [1.165, 1.54) is 24.3 Å². The number of benzene rings is 3. The molecule has 0 aromatic heterocycles. The highest BCUT2D eigenvalue weighted by Gasteiger charge is 2.19. The number of nitrogens with zero attached hydrogens (tertiary/aromatic N) is 3. The number of rotatable bonds is 7. The van der Waals surface area contributed by atoms with E-state index in [4.69, 9.17) is 0 Å². The first-order chi connectivity index (χ1) is 17.5. The highest BCUT2D eigenvalue weighted by Crippen LogP contribution is 2.20. The Morgan fingerprint density at radius 2 is 1.47 bits per heavy atom. The van der Waals surface area contributed by atoms with Crippen LogP contribution >= 0.6 is 0 Å². The highest BCUT2D eigenvalue weighted by molar-refractivity contribution is 6.02. The van der Waals surface area contributed by atoms with Crippen molar-refractivity contribution in [1.29, 1.82) is 0 Å². The number of carbonyl (C=O) groups is 2. The third-order valence-corrected chi connectivity index (χ3v) is 5.82. The monoisotopic (exact) mass is 482 g/mol. The molecule has 1 aliphatic rings. The molecule has 1 saturated heterocycles. The van der Waals surface area contributed by atoms with E-state index in [1.807, 2.05) is 65.6 Å². The topological polar surface area (TPSA) is 95.8 Å². The lowest BCUT2D eigenvalue weighted by atomic mass is 10.2. The molecule has 0 aliphatic carbocycles. The third-order valence-electron chi connectivity index (χ3n) is 5.82. The van der Waals surface area contributed by atoms with Crippen LogP contribution in [0.1, 0.15) is 11.1 Å². The maximum atomic E-state index is 12.5. The van der Waals surface area contributed by atoms with Gasteiger partial charge in [-0.1, -0.05) is 42.5 Å². The van der Waals surface area contributed by atoms with Crippen LogP contribution in [0.15, 0.2) is 91.0 Å². The second-order valence-corrected chi connectivity index (χ2v) is 8.28. The van der Waals surface area contributed by atoms with Gasteiger partial charge in [-0.05, 0) is 47.5 Å². The highest BCUT2D eigenvalue weighted by atomic mass is 16.6. The molecule has 0 bridgehead atoms. The van der Waals surface area contributed by atoms with E-state index < -0.39 is 4.92 Å². The molecular weight excluding hydrogens is 456 g/mol. The zero-order chi connectivity index (χ0) is 25.3. The number of hydrogen-bond donors (Lipinski definition) is 1. The van der Waals surface area contributed by atoms with Crippen molar-refractivity contribution in [2.24, 2.45) is 0 Å². The Balaban J connectivity index is 1.26. The number of carbonyl (C=O) groups excluding carboxylic acids is 2. The lowest BCUT2D eigenvalue weighted by Gasteiger charge is -2.35. The Kier molecular flexibility index (Phi) is 7.87. The van der Waals surface area contributed by atoms with E-state index in [-0.39, 0.29) is 17.5 Å². The number of anilines is 2. The van der Waals surface area contributed by atoms with Crippen molar-refractivity contribution in [2.45, 2.75) is 0 Å². The van der Waals surface area contributed by atoms with Crippen LogP contribution < -0.4 is 10.2 Å². The minimum Gasteiger partial charge on any atom is -0.368 e. The Morgan fingerprint density at radius 1 is 0.806 bits per heavy atom. The van der Waals surface area contributed by atoms with Crippen molar-refractivity contribution >= 4 is 41.0 Å². The Hall–Kier alpha value is -4.72. The van der Waals surface area contributed by atoms with Gasteiger partial charge in [0.15, 0.2) is 0 Å². The van der Waals surface area contributed by atoms with Crippen molar-refractivity contribution in [2.75, 3.05) is 36.4 Å². The lowest BCUT2D eigenvalue weighted by molar-refractivity contribution is -0.384. The summed E-state index contributed by atoms with van der Waals surface area (Å²) in [6.45, 7) is 2.73. The molecule has 8 nitrogen and oxygen atoms in total. The fourth-order valence-electron chi connectivity index (χ4n) is 3.88. The van der Waals surface area contributed by atoms with Crippen LogP contribution in [0, 0.1) is 10.1 Å². The number of non-ortho nitro benzene ring substituents is 1. The summed E-state index contributed by atoms with van der Waals surface area (Å²) in [4.78, 5) is 39.2. The summed E-state index contributed by atoms with van der Waals surface area (Å²) in [5.41, 5.74) is 3.21. The molecule has 3 aromatic carbocycles. The third kappa shape index (κ3) is 6.66. The van der Waals surface area contributed by atoms with Gasteiger partial charge in [0.2, 0.25) is 11.8 Å². The van der Waals surface area contributed by atoms with Crippen molar-refractivity contribution in [3.63, 3.8) is 0 Å². The summed E-state index contributed by atoms with van der Waals surface area (Å²) in [5.74, 6) is -0.320. The quantitative estimate of drug-likeness (QED) is 0.301. The molecule has 1 aliphatic heterocycles. The molecule has 3 aromatic rings. The minimum absolute atomic E-state index is 0.00901. The lowest BCUT2D eigenvalue weighted by Crippen LogP contribution is -2.48. The van der Waals surface area contributed by atoms with Gasteiger partial charge in [0, 0.05) is 61.8 Å². The second kappa shape index (κ2) is 11.6. The number of amides is 2. The summed E-state index contributed by atoms with van der Waals surface area (Å²) in [7, 11) is 0. The van der Waals surface area contributed by atoms with Gasteiger partial charge in [-0.3, -0.25) is 19.7 Å². The average molecular weight is 483 g/mol. The molecule has 0 unspecified atom stereocenters. The molecule has 8 heteroatoms. The molecule has 2 amide bonds. The molecule has 182 valence electrons.